The van der Waals surface area contributed by atoms with Gasteiger partial charge in [0.1, 0.15) is 0 Å². The SMILES string of the molecule is Cc1cc(Br)ccc1-c1onc(N)c1C. The fraction of sp³-hybridized carbons (Fsp3) is 0.182. The molecule has 1 heterocycles. The highest BCUT2D eigenvalue weighted by atomic mass is 79.9. The molecule has 0 saturated heterocycles. The molecular formula is C11H11BrN2O. The van der Waals surface area contributed by atoms with Crippen LogP contribution in [-0.2, 0) is 0 Å². The van der Waals surface area contributed by atoms with Crippen LogP contribution in [0.15, 0.2) is 27.2 Å². The summed E-state index contributed by atoms with van der Waals surface area (Å²) in [7, 11) is 0. The minimum Gasteiger partial charge on any atom is -0.381 e. The first-order chi connectivity index (χ1) is 7.09. The lowest BCUT2D eigenvalue weighted by atomic mass is 10.0. The van der Waals surface area contributed by atoms with E-state index in [2.05, 4.69) is 21.1 Å². The molecule has 3 nitrogen and oxygen atoms in total. The highest BCUT2D eigenvalue weighted by Crippen LogP contribution is 2.30. The molecule has 2 aromatic rings. The Bertz CT molecular complexity index is 505. The Hall–Kier alpha value is -1.29. The van der Waals surface area contributed by atoms with E-state index < -0.39 is 0 Å². The molecule has 0 radical (unpaired) electrons. The molecule has 2 rings (SSSR count). The van der Waals surface area contributed by atoms with Gasteiger partial charge in [-0.15, -0.1) is 0 Å². The Balaban J connectivity index is 2.59. The largest absolute Gasteiger partial charge is 0.381 e. The number of hydrogen-bond donors (Lipinski definition) is 1. The predicted molar refractivity (Wildman–Crippen MR) is 63.5 cm³/mol. The van der Waals surface area contributed by atoms with Crippen molar-refractivity contribution < 1.29 is 4.52 Å². The van der Waals surface area contributed by atoms with E-state index in [1.807, 2.05) is 32.0 Å². The molecular weight excluding hydrogens is 256 g/mol. The van der Waals surface area contributed by atoms with E-state index in [-0.39, 0.29) is 0 Å². The first-order valence-corrected chi connectivity index (χ1v) is 5.37. The number of aromatic nitrogens is 1. The van der Waals surface area contributed by atoms with Gasteiger partial charge in [-0.25, -0.2) is 0 Å². The molecule has 0 aliphatic carbocycles. The van der Waals surface area contributed by atoms with E-state index in [1.165, 1.54) is 0 Å². The van der Waals surface area contributed by atoms with Crippen LogP contribution in [0.1, 0.15) is 11.1 Å². The summed E-state index contributed by atoms with van der Waals surface area (Å²) in [5, 5.41) is 3.75. The first-order valence-electron chi connectivity index (χ1n) is 4.58. The van der Waals surface area contributed by atoms with Crippen molar-refractivity contribution in [3.63, 3.8) is 0 Å². The maximum Gasteiger partial charge on any atom is 0.172 e. The summed E-state index contributed by atoms with van der Waals surface area (Å²) in [6, 6.07) is 6.00. The van der Waals surface area contributed by atoms with Gasteiger partial charge in [0.15, 0.2) is 11.6 Å². The lowest BCUT2D eigenvalue weighted by Gasteiger charge is -2.03. The van der Waals surface area contributed by atoms with Crippen LogP contribution in [-0.4, -0.2) is 5.16 Å². The molecule has 1 aromatic heterocycles. The van der Waals surface area contributed by atoms with Crippen LogP contribution in [0.4, 0.5) is 5.82 Å². The third kappa shape index (κ3) is 1.77. The lowest BCUT2D eigenvalue weighted by molar-refractivity contribution is 0.435. The zero-order chi connectivity index (χ0) is 11.0. The maximum absolute atomic E-state index is 5.64. The zero-order valence-corrected chi connectivity index (χ0v) is 10.1. The van der Waals surface area contributed by atoms with Gasteiger partial charge in [0.25, 0.3) is 0 Å². The summed E-state index contributed by atoms with van der Waals surface area (Å²) < 4.78 is 6.26. The third-order valence-corrected chi connectivity index (χ3v) is 2.89. The van der Waals surface area contributed by atoms with Gasteiger partial charge < -0.3 is 10.3 Å². The number of hydrogen-bond acceptors (Lipinski definition) is 3. The number of nitrogens with two attached hydrogens (primary N) is 1. The van der Waals surface area contributed by atoms with Gasteiger partial charge in [-0.05, 0) is 37.6 Å². The summed E-state index contributed by atoms with van der Waals surface area (Å²) in [5.74, 6) is 1.20. The summed E-state index contributed by atoms with van der Waals surface area (Å²) in [5.41, 5.74) is 8.69. The topological polar surface area (TPSA) is 52.0 Å². The molecule has 0 unspecified atom stereocenters. The quantitative estimate of drug-likeness (QED) is 0.862. The van der Waals surface area contributed by atoms with Crippen LogP contribution >= 0.6 is 15.9 Å². The van der Waals surface area contributed by atoms with E-state index in [4.69, 9.17) is 10.3 Å². The number of rotatable bonds is 1. The summed E-state index contributed by atoms with van der Waals surface area (Å²) in [6.45, 7) is 3.93. The summed E-state index contributed by atoms with van der Waals surface area (Å²) >= 11 is 3.42. The molecule has 0 atom stereocenters. The van der Waals surface area contributed by atoms with Crippen molar-refractivity contribution in [1.82, 2.24) is 5.16 Å². The highest BCUT2D eigenvalue weighted by molar-refractivity contribution is 9.10. The van der Waals surface area contributed by atoms with Gasteiger partial charge in [0.05, 0.1) is 0 Å². The Labute approximate surface area is 96.4 Å². The van der Waals surface area contributed by atoms with Crippen LogP contribution < -0.4 is 5.73 Å². The van der Waals surface area contributed by atoms with E-state index in [1.54, 1.807) is 0 Å². The maximum atomic E-state index is 5.64. The molecule has 1 aromatic carbocycles. The van der Waals surface area contributed by atoms with Crippen LogP contribution in [0, 0.1) is 13.8 Å². The first kappa shape index (κ1) is 10.2. The molecule has 0 bridgehead atoms. The van der Waals surface area contributed by atoms with Crippen LogP contribution in [0.25, 0.3) is 11.3 Å². The van der Waals surface area contributed by atoms with Crippen molar-refractivity contribution in [3.05, 3.63) is 33.8 Å². The van der Waals surface area contributed by atoms with Gasteiger partial charge in [-0.2, -0.15) is 0 Å². The van der Waals surface area contributed by atoms with Crippen molar-refractivity contribution in [3.8, 4) is 11.3 Å². The molecule has 2 N–H and O–H groups in total. The van der Waals surface area contributed by atoms with Gasteiger partial charge in [-0.3, -0.25) is 0 Å². The minimum absolute atomic E-state index is 0.451. The second-order valence-corrected chi connectivity index (χ2v) is 4.40. The molecule has 0 fully saturated rings. The number of nitrogen functional groups attached to an aromatic ring is 1. The molecule has 0 spiro atoms. The highest BCUT2D eigenvalue weighted by Gasteiger charge is 2.13. The van der Waals surface area contributed by atoms with E-state index in [0.29, 0.717) is 5.82 Å². The van der Waals surface area contributed by atoms with Crippen molar-refractivity contribution >= 4 is 21.7 Å². The fourth-order valence-electron chi connectivity index (χ4n) is 1.48. The van der Waals surface area contributed by atoms with Gasteiger partial charge >= 0.3 is 0 Å². The molecule has 15 heavy (non-hydrogen) atoms. The zero-order valence-electron chi connectivity index (χ0n) is 8.54. The molecule has 78 valence electrons. The monoisotopic (exact) mass is 266 g/mol. The smallest absolute Gasteiger partial charge is 0.172 e. The number of halogens is 1. The second kappa shape index (κ2) is 3.70. The standard InChI is InChI=1S/C11H11BrN2O/c1-6-5-8(12)3-4-9(6)10-7(2)11(13)14-15-10/h3-5H,1-2H3,(H2,13,14). The number of benzene rings is 1. The van der Waals surface area contributed by atoms with E-state index in [9.17, 15) is 0 Å². The third-order valence-electron chi connectivity index (χ3n) is 2.39. The average molecular weight is 267 g/mol. The van der Waals surface area contributed by atoms with Gasteiger partial charge in [0.2, 0.25) is 0 Å². The van der Waals surface area contributed by atoms with E-state index in [0.717, 1.165) is 26.9 Å². The number of nitrogens with zero attached hydrogens (tertiary/aromatic N) is 1. The van der Waals surface area contributed by atoms with Crippen LogP contribution in [0.5, 0.6) is 0 Å². The molecule has 0 amide bonds. The van der Waals surface area contributed by atoms with Gasteiger partial charge in [0, 0.05) is 15.6 Å². The van der Waals surface area contributed by atoms with Crippen molar-refractivity contribution in [2.24, 2.45) is 0 Å². The van der Waals surface area contributed by atoms with Crippen molar-refractivity contribution in [2.45, 2.75) is 13.8 Å². The number of aryl methyl sites for hydroxylation is 1. The number of anilines is 1. The average Bonchev–Trinajstić information content (AvgIpc) is 2.49. The molecule has 4 heteroatoms. The molecule has 0 saturated carbocycles. The summed E-state index contributed by atoms with van der Waals surface area (Å²) in [4.78, 5) is 0. The Morgan fingerprint density at radius 2 is 2.07 bits per heavy atom. The van der Waals surface area contributed by atoms with E-state index >= 15 is 0 Å². The summed E-state index contributed by atoms with van der Waals surface area (Å²) in [6.07, 6.45) is 0. The van der Waals surface area contributed by atoms with Crippen LogP contribution in [0.3, 0.4) is 0 Å². The second-order valence-electron chi connectivity index (χ2n) is 3.48. The Kier molecular flexibility index (Phi) is 2.52. The molecule has 0 aliphatic heterocycles. The molecule has 0 aliphatic rings. The Morgan fingerprint density at radius 3 is 2.60 bits per heavy atom. The van der Waals surface area contributed by atoms with Crippen molar-refractivity contribution in [2.75, 3.05) is 5.73 Å². The predicted octanol–water partition coefficient (Wildman–Crippen LogP) is 3.30. The normalized spacial score (nSPS) is 10.6. The Morgan fingerprint density at radius 1 is 1.33 bits per heavy atom. The van der Waals surface area contributed by atoms with Crippen LogP contribution in [0.2, 0.25) is 0 Å². The van der Waals surface area contributed by atoms with Crippen molar-refractivity contribution in [1.29, 1.82) is 0 Å². The van der Waals surface area contributed by atoms with Gasteiger partial charge in [-0.1, -0.05) is 21.1 Å². The lowest BCUT2D eigenvalue weighted by Crippen LogP contribution is -1.87. The fourth-order valence-corrected chi connectivity index (χ4v) is 1.96. The minimum atomic E-state index is 0.451.